The Morgan fingerprint density at radius 3 is 2.50 bits per heavy atom. The van der Waals surface area contributed by atoms with E-state index in [1.54, 1.807) is 37.0 Å². The lowest BCUT2D eigenvalue weighted by atomic mass is 10.1. The second kappa shape index (κ2) is 7.33. The van der Waals surface area contributed by atoms with Gasteiger partial charge in [-0.1, -0.05) is 19.9 Å². The number of aryl methyl sites for hydroxylation is 1. The molecular formula is C14H24N2O2S2. The molecule has 1 aromatic rings. The van der Waals surface area contributed by atoms with Crippen LogP contribution >= 0.6 is 11.8 Å². The van der Waals surface area contributed by atoms with Gasteiger partial charge in [-0.25, -0.2) is 8.42 Å². The van der Waals surface area contributed by atoms with Crippen LogP contribution in [0.5, 0.6) is 0 Å². The van der Waals surface area contributed by atoms with E-state index in [4.69, 9.17) is 5.73 Å². The molecule has 1 rings (SSSR count). The summed E-state index contributed by atoms with van der Waals surface area (Å²) in [6.45, 7) is 3.96. The maximum Gasteiger partial charge on any atom is 0.243 e. The van der Waals surface area contributed by atoms with Crippen LogP contribution < -0.4 is 5.73 Å². The molecule has 1 unspecified atom stereocenters. The number of benzene rings is 1. The van der Waals surface area contributed by atoms with Crippen LogP contribution in [0, 0.1) is 0 Å². The highest BCUT2D eigenvalue weighted by atomic mass is 32.2. The summed E-state index contributed by atoms with van der Waals surface area (Å²) in [6.07, 6.45) is 3.45. The third kappa shape index (κ3) is 3.68. The first-order chi connectivity index (χ1) is 9.38. The summed E-state index contributed by atoms with van der Waals surface area (Å²) in [7, 11) is -1.84. The van der Waals surface area contributed by atoms with Gasteiger partial charge in [0.1, 0.15) is 0 Å². The SMILES string of the molecule is CCc1ccc(N)cc1S(=O)(=O)N(C)C(CC)CSC. The van der Waals surface area contributed by atoms with E-state index in [0.29, 0.717) is 17.0 Å². The fourth-order valence-electron chi connectivity index (χ4n) is 2.13. The summed E-state index contributed by atoms with van der Waals surface area (Å²) in [5, 5.41) is 0. The van der Waals surface area contributed by atoms with Crippen LogP contribution in [-0.4, -0.2) is 37.8 Å². The molecule has 20 heavy (non-hydrogen) atoms. The first kappa shape index (κ1) is 17.3. The molecule has 0 radical (unpaired) electrons. The third-order valence-electron chi connectivity index (χ3n) is 3.47. The topological polar surface area (TPSA) is 63.4 Å². The van der Waals surface area contributed by atoms with Crippen LogP contribution in [-0.2, 0) is 16.4 Å². The van der Waals surface area contributed by atoms with Gasteiger partial charge < -0.3 is 5.73 Å². The predicted octanol–water partition coefficient (Wildman–Crippen LogP) is 2.59. The van der Waals surface area contributed by atoms with Crippen LogP contribution in [0.1, 0.15) is 25.8 Å². The standard InChI is InChI=1S/C14H24N2O2S2/c1-5-11-7-8-12(15)9-14(11)20(17,18)16(3)13(6-2)10-19-4/h7-9,13H,5-6,10,15H2,1-4H3. The molecule has 0 saturated carbocycles. The van der Waals surface area contributed by atoms with Gasteiger partial charge in [-0.05, 0) is 36.8 Å². The molecule has 0 aliphatic heterocycles. The Labute approximate surface area is 126 Å². The summed E-state index contributed by atoms with van der Waals surface area (Å²) >= 11 is 1.66. The maximum atomic E-state index is 12.8. The van der Waals surface area contributed by atoms with Crippen molar-refractivity contribution in [2.45, 2.75) is 37.6 Å². The lowest BCUT2D eigenvalue weighted by Gasteiger charge is -2.27. The highest BCUT2D eigenvalue weighted by molar-refractivity contribution is 7.98. The molecule has 0 aliphatic rings. The zero-order valence-corrected chi connectivity index (χ0v) is 14.2. The van der Waals surface area contributed by atoms with Crippen molar-refractivity contribution in [3.8, 4) is 0 Å². The minimum Gasteiger partial charge on any atom is -0.399 e. The number of sulfonamides is 1. The summed E-state index contributed by atoms with van der Waals surface area (Å²) in [4.78, 5) is 0.335. The van der Waals surface area contributed by atoms with Gasteiger partial charge in [-0.15, -0.1) is 0 Å². The first-order valence-corrected chi connectivity index (χ1v) is 9.57. The van der Waals surface area contributed by atoms with Crippen LogP contribution in [0.25, 0.3) is 0 Å². The fourth-order valence-corrected chi connectivity index (χ4v) is 4.82. The molecule has 0 aliphatic carbocycles. The number of hydrogen-bond acceptors (Lipinski definition) is 4. The average molecular weight is 316 g/mol. The second-order valence-electron chi connectivity index (χ2n) is 4.76. The summed E-state index contributed by atoms with van der Waals surface area (Å²) in [5.41, 5.74) is 7.05. The lowest BCUT2D eigenvalue weighted by Crippen LogP contribution is -2.38. The van der Waals surface area contributed by atoms with Gasteiger partial charge >= 0.3 is 0 Å². The Morgan fingerprint density at radius 1 is 1.35 bits per heavy atom. The van der Waals surface area contributed by atoms with Crippen LogP contribution in [0.3, 0.4) is 0 Å². The molecule has 0 bridgehead atoms. The zero-order valence-electron chi connectivity index (χ0n) is 12.6. The van der Waals surface area contributed by atoms with Crippen molar-refractivity contribution >= 4 is 27.5 Å². The smallest absolute Gasteiger partial charge is 0.243 e. The Morgan fingerprint density at radius 2 is 2.00 bits per heavy atom. The molecule has 1 atom stereocenters. The van der Waals surface area contributed by atoms with Crippen LogP contribution in [0.4, 0.5) is 5.69 Å². The molecule has 4 nitrogen and oxygen atoms in total. The molecule has 0 fully saturated rings. The highest BCUT2D eigenvalue weighted by Gasteiger charge is 2.28. The average Bonchev–Trinajstić information content (AvgIpc) is 2.43. The number of nitrogens with two attached hydrogens (primary N) is 1. The van der Waals surface area contributed by atoms with E-state index in [9.17, 15) is 8.42 Å². The molecule has 1 aromatic carbocycles. The molecule has 0 spiro atoms. The molecule has 114 valence electrons. The minimum atomic E-state index is -3.50. The van der Waals surface area contributed by atoms with Gasteiger partial charge in [0.2, 0.25) is 10.0 Å². The Hall–Kier alpha value is -0.720. The van der Waals surface area contributed by atoms with Crippen molar-refractivity contribution < 1.29 is 8.42 Å². The van der Waals surface area contributed by atoms with Crippen LogP contribution in [0.15, 0.2) is 23.1 Å². The zero-order chi connectivity index (χ0) is 15.3. The van der Waals surface area contributed by atoms with Gasteiger partial charge in [0.25, 0.3) is 0 Å². The molecule has 0 saturated heterocycles. The van der Waals surface area contributed by atoms with Gasteiger partial charge in [-0.3, -0.25) is 0 Å². The van der Waals surface area contributed by atoms with Gasteiger partial charge in [-0.2, -0.15) is 16.1 Å². The van der Waals surface area contributed by atoms with E-state index in [1.165, 1.54) is 4.31 Å². The lowest BCUT2D eigenvalue weighted by molar-refractivity contribution is 0.385. The number of anilines is 1. The van der Waals surface area contributed by atoms with Gasteiger partial charge in [0, 0.05) is 24.5 Å². The van der Waals surface area contributed by atoms with E-state index in [2.05, 4.69) is 0 Å². The molecular weight excluding hydrogens is 292 g/mol. The number of nitrogen functional groups attached to an aromatic ring is 1. The van der Waals surface area contributed by atoms with Crippen molar-refractivity contribution in [1.82, 2.24) is 4.31 Å². The van der Waals surface area contributed by atoms with E-state index in [1.807, 2.05) is 20.1 Å². The highest BCUT2D eigenvalue weighted by Crippen LogP contribution is 2.25. The van der Waals surface area contributed by atoms with E-state index in [0.717, 1.165) is 17.7 Å². The Bertz CT molecular complexity index is 544. The largest absolute Gasteiger partial charge is 0.399 e. The summed E-state index contributed by atoms with van der Waals surface area (Å²) < 4.78 is 27.1. The first-order valence-electron chi connectivity index (χ1n) is 6.73. The monoisotopic (exact) mass is 316 g/mol. The number of nitrogens with zero attached hydrogens (tertiary/aromatic N) is 1. The number of thioether (sulfide) groups is 1. The van der Waals surface area contributed by atoms with E-state index in [-0.39, 0.29) is 6.04 Å². The molecule has 0 amide bonds. The number of rotatable bonds is 7. The van der Waals surface area contributed by atoms with Gasteiger partial charge in [0.05, 0.1) is 4.90 Å². The van der Waals surface area contributed by atoms with E-state index < -0.39 is 10.0 Å². The minimum absolute atomic E-state index is 0.00105. The summed E-state index contributed by atoms with van der Waals surface area (Å²) in [5.74, 6) is 0.788. The Kier molecular flexibility index (Phi) is 6.36. The molecule has 0 aromatic heterocycles. The van der Waals surface area contributed by atoms with Gasteiger partial charge in [0.15, 0.2) is 0 Å². The van der Waals surface area contributed by atoms with Crippen molar-refractivity contribution in [3.05, 3.63) is 23.8 Å². The van der Waals surface area contributed by atoms with E-state index >= 15 is 0 Å². The number of hydrogen-bond donors (Lipinski definition) is 1. The van der Waals surface area contributed by atoms with Crippen molar-refractivity contribution in [3.63, 3.8) is 0 Å². The van der Waals surface area contributed by atoms with Crippen molar-refractivity contribution in [2.24, 2.45) is 0 Å². The Balaban J connectivity index is 3.25. The van der Waals surface area contributed by atoms with Crippen molar-refractivity contribution in [1.29, 1.82) is 0 Å². The van der Waals surface area contributed by atoms with Crippen molar-refractivity contribution in [2.75, 3.05) is 24.8 Å². The second-order valence-corrected chi connectivity index (χ2v) is 7.64. The quantitative estimate of drug-likeness (QED) is 0.785. The maximum absolute atomic E-state index is 12.8. The molecule has 0 heterocycles. The normalized spacial score (nSPS) is 13.7. The summed E-state index contributed by atoms with van der Waals surface area (Å²) in [6, 6.07) is 5.11. The molecule has 6 heteroatoms. The molecule has 2 N–H and O–H groups in total. The third-order valence-corrected chi connectivity index (χ3v) is 6.18. The fraction of sp³-hybridized carbons (Fsp3) is 0.571. The predicted molar refractivity (Wildman–Crippen MR) is 87.6 cm³/mol. The van der Waals surface area contributed by atoms with Crippen LogP contribution in [0.2, 0.25) is 0 Å².